The number of aliphatic carboxylic acids is 1. The van der Waals surface area contributed by atoms with Crippen LogP contribution in [-0.4, -0.2) is 11.1 Å². The van der Waals surface area contributed by atoms with Gasteiger partial charge in [-0.2, -0.15) is 0 Å². The van der Waals surface area contributed by atoms with Gasteiger partial charge in [-0.25, -0.2) is 4.39 Å². The van der Waals surface area contributed by atoms with E-state index in [1.165, 1.54) is 0 Å². The van der Waals surface area contributed by atoms with E-state index in [1.807, 2.05) is 0 Å². The van der Waals surface area contributed by atoms with Crippen molar-refractivity contribution in [2.45, 2.75) is 32.1 Å². The van der Waals surface area contributed by atoms with Gasteiger partial charge in [-0.1, -0.05) is 12.1 Å². The SMILES string of the molecule is Cc1cc(C2(C(=O)O)CC2)cc(C)c1F. The molecule has 80 valence electrons. The molecule has 0 unspecified atom stereocenters. The highest BCUT2D eigenvalue weighted by Crippen LogP contribution is 2.48. The topological polar surface area (TPSA) is 37.3 Å². The molecule has 0 aliphatic heterocycles. The fraction of sp³-hybridized carbons (Fsp3) is 0.417. The van der Waals surface area contributed by atoms with E-state index in [1.54, 1.807) is 26.0 Å². The maximum atomic E-state index is 13.4. The van der Waals surface area contributed by atoms with Crippen molar-refractivity contribution in [2.24, 2.45) is 0 Å². The molecule has 1 fully saturated rings. The van der Waals surface area contributed by atoms with Crippen LogP contribution in [0.1, 0.15) is 29.5 Å². The van der Waals surface area contributed by atoms with Crippen LogP contribution in [0.2, 0.25) is 0 Å². The van der Waals surface area contributed by atoms with Gasteiger partial charge in [0.15, 0.2) is 0 Å². The first kappa shape index (κ1) is 10.1. The van der Waals surface area contributed by atoms with Gasteiger partial charge in [0.1, 0.15) is 5.82 Å². The molecule has 1 aliphatic rings. The number of carbonyl (C=O) groups is 1. The van der Waals surface area contributed by atoms with E-state index in [2.05, 4.69) is 0 Å². The second-order valence-electron chi connectivity index (χ2n) is 4.31. The van der Waals surface area contributed by atoms with E-state index < -0.39 is 11.4 Å². The van der Waals surface area contributed by atoms with Gasteiger partial charge in [0.25, 0.3) is 0 Å². The van der Waals surface area contributed by atoms with Gasteiger partial charge >= 0.3 is 5.97 Å². The van der Waals surface area contributed by atoms with Crippen molar-refractivity contribution in [3.8, 4) is 0 Å². The lowest BCUT2D eigenvalue weighted by Gasteiger charge is -2.12. The monoisotopic (exact) mass is 208 g/mol. The molecule has 0 saturated heterocycles. The first-order valence-electron chi connectivity index (χ1n) is 4.98. The average Bonchev–Trinajstić information content (AvgIpc) is 2.93. The van der Waals surface area contributed by atoms with E-state index in [0.717, 1.165) is 5.56 Å². The second kappa shape index (κ2) is 3.05. The minimum absolute atomic E-state index is 0.236. The van der Waals surface area contributed by atoms with Gasteiger partial charge in [-0.05, 0) is 43.4 Å². The van der Waals surface area contributed by atoms with Crippen molar-refractivity contribution in [1.82, 2.24) is 0 Å². The molecule has 1 N–H and O–H groups in total. The summed E-state index contributed by atoms with van der Waals surface area (Å²) in [5.41, 5.74) is 1.06. The fourth-order valence-corrected chi connectivity index (χ4v) is 1.97. The molecule has 0 amide bonds. The summed E-state index contributed by atoms with van der Waals surface area (Å²) in [5.74, 6) is -1.03. The number of hydrogen-bond donors (Lipinski definition) is 1. The van der Waals surface area contributed by atoms with Crippen molar-refractivity contribution in [3.63, 3.8) is 0 Å². The quantitative estimate of drug-likeness (QED) is 0.811. The fourth-order valence-electron chi connectivity index (χ4n) is 1.97. The average molecular weight is 208 g/mol. The van der Waals surface area contributed by atoms with Gasteiger partial charge in [0, 0.05) is 0 Å². The van der Waals surface area contributed by atoms with Crippen LogP contribution in [0.3, 0.4) is 0 Å². The number of halogens is 1. The third kappa shape index (κ3) is 1.42. The highest BCUT2D eigenvalue weighted by Gasteiger charge is 2.51. The van der Waals surface area contributed by atoms with Crippen LogP contribution in [0.5, 0.6) is 0 Å². The second-order valence-corrected chi connectivity index (χ2v) is 4.31. The lowest BCUT2D eigenvalue weighted by atomic mass is 9.93. The van der Waals surface area contributed by atoms with Crippen LogP contribution in [0.4, 0.5) is 4.39 Å². The van der Waals surface area contributed by atoms with E-state index in [4.69, 9.17) is 5.11 Å². The summed E-state index contributed by atoms with van der Waals surface area (Å²) in [6.45, 7) is 3.34. The molecule has 1 saturated carbocycles. The molecule has 0 spiro atoms. The van der Waals surface area contributed by atoms with Crippen LogP contribution in [0.25, 0.3) is 0 Å². The van der Waals surface area contributed by atoms with Crippen LogP contribution in [0.15, 0.2) is 12.1 Å². The highest BCUT2D eigenvalue weighted by molar-refractivity contribution is 5.85. The summed E-state index contributed by atoms with van der Waals surface area (Å²) >= 11 is 0. The van der Waals surface area contributed by atoms with Crippen molar-refractivity contribution in [3.05, 3.63) is 34.6 Å². The van der Waals surface area contributed by atoms with E-state index in [0.29, 0.717) is 24.0 Å². The number of rotatable bonds is 2. The maximum absolute atomic E-state index is 13.4. The first-order valence-corrected chi connectivity index (χ1v) is 4.98. The molecule has 0 heterocycles. The van der Waals surface area contributed by atoms with Gasteiger partial charge in [-0.3, -0.25) is 4.79 Å². The lowest BCUT2D eigenvalue weighted by Crippen LogP contribution is -2.20. The smallest absolute Gasteiger partial charge is 0.314 e. The highest BCUT2D eigenvalue weighted by atomic mass is 19.1. The predicted octanol–water partition coefficient (Wildman–Crippen LogP) is 2.56. The molecule has 1 aromatic rings. The molecule has 2 nitrogen and oxygen atoms in total. The van der Waals surface area contributed by atoms with E-state index in [-0.39, 0.29) is 5.82 Å². The van der Waals surface area contributed by atoms with E-state index >= 15 is 0 Å². The summed E-state index contributed by atoms with van der Waals surface area (Å²) < 4.78 is 13.4. The Morgan fingerprint density at radius 1 is 1.33 bits per heavy atom. The molecule has 0 atom stereocenters. The normalized spacial score (nSPS) is 17.5. The van der Waals surface area contributed by atoms with Crippen molar-refractivity contribution in [1.29, 1.82) is 0 Å². The number of aryl methyl sites for hydroxylation is 2. The third-order valence-electron chi connectivity index (χ3n) is 3.15. The Hall–Kier alpha value is -1.38. The summed E-state index contributed by atoms with van der Waals surface area (Å²) in [6, 6.07) is 3.31. The Kier molecular flexibility index (Phi) is 2.07. The van der Waals surface area contributed by atoms with Crippen LogP contribution in [-0.2, 0) is 10.2 Å². The Bertz CT molecular complexity index is 410. The molecule has 2 rings (SSSR count). The molecule has 1 aromatic carbocycles. The van der Waals surface area contributed by atoms with E-state index in [9.17, 15) is 9.18 Å². The zero-order valence-corrected chi connectivity index (χ0v) is 8.80. The summed E-state index contributed by atoms with van der Waals surface area (Å²) in [6.07, 6.45) is 1.32. The van der Waals surface area contributed by atoms with Gasteiger partial charge < -0.3 is 5.11 Å². The largest absolute Gasteiger partial charge is 0.481 e. The van der Waals surface area contributed by atoms with Crippen LogP contribution in [0, 0.1) is 19.7 Å². The Labute approximate surface area is 87.7 Å². The zero-order chi connectivity index (χ0) is 11.2. The Morgan fingerprint density at radius 2 is 1.80 bits per heavy atom. The number of benzene rings is 1. The summed E-state index contributed by atoms with van der Waals surface area (Å²) in [5, 5.41) is 9.11. The van der Waals surface area contributed by atoms with Crippen LogP contribution >= 0.6 is 0 Å². The van der Waals surface area contributed by atoms with Crippen molar-refractivity contribution < 1.29 is 14.3 Å². The summed E-state index contributed by atoms with van der Waals surface area (Å²) in [7, 11) is 0. The Balaban J connectivity index is 2.51. The Morgan fingerprint density at radius 3 is 2.13 bits per heavy atom. The first-order chi connectivity index (χ1) is 6.97. The molecule has 0 radical (unpaired) electrons. The third-order valence-corrected chi connectivity index (χ3v) is 3.15. The minimum atomic E-state index is -0.798. The molecule has 15 heavy (non-hydrogen) atoms. The maximum Gasteiger partial charge on any atom is 0.314 e. The molecular weight excluding hydrogens is 195 g/mol. The molecule has 0 bridgehead atoms. The standard InChI is InChI=1S/C12H13FO2/c1-7-5-9(6-8(2)10(7)13)12(3-4-12)11(14)15/h5-6H,3-4H2,1-2H3,(H,14,15). The predicted molar refractivity (Wildman–Crippen MR) is 54.4 cm³/mol. The van der Waals surface area contributed by atoms with Gasteiger partial charge in [0.2, 0.25) is 0 Å². The molecule has 0 aromatic heterocycles. The van der Waals surface area contributed by atoms with Gasteiger partial charge in [-0.15, -0.1) is 0 Å². The minimum Gasteiger partial charge on any atom is -0.481 e. The zero-order valence-electron chi connectivity index (χ0n) is 8.80. The number of carboxylic acids is 1. The van der Waals surface area contributed by atoms with Crippen LogP contribution < -0.4 is 0 Å². The van der Waals surface area contributed by atoms with Crippen molar-refractivity contribution in [2.75, 3.05) is 0 Å². The summed E-state index contributed by atoms with van der Waals surface area (Å²) in [4.78, 5) is 11.1. The number of carboxylic acid groups (broad SMARTS) is 1. The lowest BCUT2D eigenvalue weighted by molar-refractivity contribution is -0.140. The molecular formula is C12H13FO2. The van der Waals surface area contributed by atoms with Gasteiger partial charge in [0.05, 0.1) is 5.41 Å². The molecule has 3 heteroatoms. The van der Waals surface area contributed by atoms with Crippen molar-refractivity contribution >= 4 is 5.97 Å². The molecule has 1 aliphatic carbocycles. The number of hydrogen-bond acceptors (Lipinski definition) is 1.